The second-order valence-electron chi connectivity index (χ2n) is 3.82. The number of aliphatic carboxylic acids is 1. The number of aromatic nitrogens is 2. The van der Waals surface area contributed by atoms with Crippen molar-refractivity contribution in [3.63, 3.8) is 0 Å². The molecule has 0 unspecified atom stereocenters. The van der Waals surface area contributed by atoms with E-state index in [2.05, 4.69) is 15.5 Å². The van der Waals surface area contributed by atoms with E-state index in [1.807, 2.05) is 6.92 Å². The molecule has 0 aromatic carbocycles. The third-order valence-corrected chi connectivity index (χ3v) is 3.41. The molecule has 6 heteroatoms. The molecule has 1 heterocycles. The fourth-order valence-corrected chi connectivity index (χ4v) is 2.54. The van der Waals surface area contributed by atoms with E-state index in [0.717, 1.165) is 23.0 Å². The third-order valence-electron chi connectivity index (χ3n) is 2.64. The quantitative estimate of drug-likeness (QED) is 0.818. The molecule has 1 saturated carbocycles. The first-order chi connectivity index (χ1) is 7.15. The number of carbonyl (C=O) groups is 1. The van der Waals surface area contributed by atoms with Crippen molar-refractivity contribution in [1.82, 2.24) is 10.2 Å². The van der Waals surface area contributed by atoms with E-state index in [4.69, 9.17) is 5.11 Å². The molecular weight excluding hydrogens is 214 g/mol. The summed E-state index contributed by atoms with van der Waals surface area (Å²) >= 11 is 1.50. The van der Waals surface area contributed by atoms with Crippen LogP contribution in [0, 0.1) is 12.8 Å². The molecule has 1 aromatic heterocycles. The van der Waals surface area contributed by atoms with Gasteiger partial charge in [-0.25, -0.2) is 0 Å². The normalized spacial score (nSPS) is 25.4. The Bertz CT molecular complexity index is 366. The van der Waals surface area contributed by atoms with E-state index >= 15 is 0 Å². The molecule has 1 aromatic rings. The Kier molecular flexibility index (Phi) is 2.86. The maximum Gasteiger partial charge on any atom is 0.306 e. The average molecular weight is 227 g/mol. The zero-order valence-corrected chi connectivity index (χ0v) is 9.25. The smallest absolute Gasteiger partial charge is 0.306 e. The summed E-state index contributed by atoms with van der Waals surface area (Å²) in [6.45, 7) is 1.90. The van der Waals surface area contributed by atoms with Gasteiger partial charge in [-0.05, 0) is 26.2 Å². The van der Waals surface area contributed by atoms with Crippen LogP contribution >= 0.6 is 11.3 Å². The molecule has 1 fully saturated rings. The predicted octanol–water partition coefficient (Wildman–Crippen LogP) is 1.51. The summed E-state index contributed by atoms with van der Waals surface area (Å²) in [7, 11) is 0. The lowest BCUT2D eigenvalue weighted by Gasteiger charge is -2.09. The van der Waals surface area contributed by atoms with Crippen molar-refractivity contribution in [1.29, 1.82) is 0 Å². The van der Waals surface area contributed by atoms with Crippen molar-refractivity contribution in [2.45, 2.75) is 32.2 Å². The van der Waals surface area contributed by atoms with Gasteiger partial charge in [-0.3, -0.25) is 4.79 Å². The number of aryl methyl sites for hydroxylation is 1. The first-order valence-corrected chi connectivity index (χ1v) is 5.76. The van der Waals surface area contributed by atoms with Crippen molar-refractivity contribution in [2.24, 2.45) is 5.92 Å². The highest BCUT2D eigenvalue weighted by molar-refractivity contribution is 7.15. The summed E-state index contributed by atoms with van der Waals surface area (Å²) in [6, 6.07) is 0.235. The number of nitrogens with zero attached hydrogens (tertiary/aromatic N) is 2. The molecule has 82 valence electrons. The molecule has 1 aliphatic rings. The minimum absolute atomic E-state index is 0.198. The lowest BCUT2D eigenvalue weighted by molar-refractivity contribution is -0.141. The predicted molar refractivity (Wildman–Crippen MR) is 57.0 cm³/mol. The van der Waals surface area contributed by atoms with Crippen molar-refractivity contribution >= 4 is 22.4 Å². The summed E-state index contributed by atoms with van der Waals surface area (Å²) < 4.78 is 0. The Balaban J connectivity index is 1.90. The fraction of sp³-hybridized carbons (Fsp3) is 0.667. The Hall–Kier alpha value is -1.17. The third kappa shape index (κ3) is 2.44. The highest BCUT2D eigenvalue weighted by atomic mass is 32.1. The topological polar surface area (TPSA) is 75.1 Å². The van der Waals surface area contributed by atoms with Gasteiger partial charge in [0.15, 0.2) is 0 Å². The number of hydrogen-bond donors (Lipinski definition) is 2. The van der Waals surface area contributed by atoms with E-state index in [-0.39, 0.29) is 12.0 Å². The van der Waals surface area contributed by atoms with Crippen molar-refractivity contribution in [3.8, 4) is 0 Å². The second kappa shape index (κ2) is 4.14. The lowest BCUT2D eigenvalue weighted by atomic mass is 10.1. The van der Waals surface area contributed by atoms with E-state index in [9.17, 15) is 4.79 Å². The van der Waals surface area contributed by atoms with Gasteiger partial charge >= 0.3 is 5.97 Å². The molecule has 0 spiro atoms. The van der Waals surface area contributed by atoms with Crippen LogP contribution in [0.3, 0.4) is 0 Å². The van der Waals surface area contributed by atoms with Gasteiger partial charge < -0.3 is 10.4 Å². The van der Waals surface area contributed by atoms with Crippen LogP contribution in [0.5, 0.6) is 0 Å². The molecule has 5 nitrogen and oxygen atoms in total. The minimum atomic E-state index is -0.687. The monoisotopic (exact) mass is 227 g/mol. The molecule has 0 aliphatic heterocycles. The molecule has 0 amide bonds. The number of carboxylic acid groups (broad SMARTS) is 1. The van der Waals surface area contributed by atoms with Gasteiger partial charge in [-0.2, -0.15) is 0 Å². The average Bonchev–Trinajstić information content (AvgIpc) is 2.76. The molecule has 1 aliphatic carbocycles. The summed E-state index contributed by atoms with van der Waals surface area (Å²) in [5.74, 6) is -0.885. The second-order valence-corrected chi connectivity index (χ2v) is 5.00. The van der Waals surface area contributed by atoms with Crippen molar-refractivity contribution < 1.29 is 9.90 Å². The number of nitrogens with one attached hydrogen (secondary N) is 1. The molecule has 15 heavy (non-hydrogen) atoms. The van der Waals surface area contributed by atoms with Crippen LogP contribution in [-0.4, -0.2) is 27.3 Å². The number of rotatable bonds is 3. The summed E-state index contributed by atoms with van der Waals surface area (Å²) in [6.07, 6.45) is 2.34. The molecule has 2 N–H and O–H groups in total. The SMILES string of the molecule is Cc1nnc(N[C@H]2CC[C@@H](C(=O)O)C2)s1. The number of anilines is 1. The summed E-state index contributed by atoms with van der Waals surface area (Å²) in [4.78, 5) is 10.8. The Morgan fingerprint density at radius 1 is 1.53 bits per heavy atom. The largest absolute Gasteiger partial charge is 0.481 e. The van der Waals surface area contributed by atoms with Gasteiger partial charge in [0.2, 0.25) is 5.13 Å². The van der Waals surface area contributed by atoms with Crippen LogP contribution in [0.25, 0.3) is 0 Å². The Labute approximate surface area is 91.5 Å². The summed E-state index contributed by atoms with van der Waals surface area (Å²) in [5, 5.41) is 21.7. The maximum absolute atomic E-state index is 10.8. The molecule has 2 atom stereocenters. The molecule has 2 rings (SSSR count). The van der Waals surface area contributed by atoms with E-state index in [0.29, 0.717) is 6.42 Å². The standard InChI is InChI=1S/C9H13N3O2S/c1-5-11-12-9(15-5)10-7-3-2-6(4-7)8(13)14/h6-7H,2-4H2,1H3,(H,10,12)(H,13,14)/t6-,7+/m1/s1. The lowest BCUT2D eigenvalue weighted by Crippen LogP contribution is -2.17. The van der Waals surface area contributed by atoms with Crippen LogP contribution in [-0.2, 0) is 4.79 Å². The molecule has 0 bridgehead atoms. The van der Waals surface area contributed by atoms with Gasteiger partial charge in [0.25, 0.3) is 0 Å². The molecular formula is C9H13N3O2S. The van der Waals surface area contributed by atoms with Gasteiger partial charge in [-0.1, -0.05) is 11.3 Å². The molecule has 0 saturated heterocycles. The van der Waals surface area contributed by atoms with Gasteiger partial charge in [0.1, 0.15) is 5.01 Å². The van der Waals surface area contributed by atoms with Crippen LogP contribution < -0.4 is 5.32 Å². The zero-order valence-electron chi connectivity index (χ0n) is 8.43. The van der Waals surface area contributed by atoms with Crippen LogP contribution in [0.4, 0.5) is 5.13 Å². The number of carboxylic acids is 1. The van der Waals surface area contributed by atoms with E-state index in [1.54, 1.807) is 0 Å². The van der Waals surface area contributed by atoms with Crippen LogP contribution in [0.1, 0.15) is 24.3 Å². The van der Waals surface area contributed by atoms with Gasteiger partial charge in [0, 0.05) is 6.04 Å². The van der Waals surface area contributed by atoms with Crippen molar-refractivity contribution in [3.05, 3.63) is 5.01 Å². The highest BCUT2D eigenvalue weighted by Gasteiger charge is 2.29. The van der Waals surface area contributed by atoms with Crippen LogP contribution in [0.15, 0.2) is 0 Å². The van der Waals surface area contributed by atoms with Crippen LogP contribution in [0.2, 0.25) is 0 Å². The van der Waals surface area contributed by atoms with Crippen molar-refractivity contribution in [2.75, 3.05) is 5.32 Å². The summed E-state index contributed by atoms with van der Waals surface area (Å²) in [5.41, 5.74) is 0. The van der Waals surface area contributed by atoms with Gasteiger partial charge in [-0.15, -0.1) is 10.2 Å². The Morgan fingerprint density at radius 2 is 2.33 bits per heavy atom. The minimum Gasteiger partial charge on any atom is -0.481 e. The van der Waals surface area contributed by atoms with Gasteiger partial charge in [0.05, 0.1) is 5.92 Å². The first-order valence-electron chi connectivity index (χ1n) is 4.94. The highest BCUT2D eigenvalue weighted by Crippen LogP contribution is 2.28. The fourth-order valence-electron chi connectivity index (χ4n) is 1.87. The maximum atomic E-state index is 10.8. The first kappa shape index (κ1) is 10.4. The Morgan fingerprint density at radius 3 is 2.87 bits per heavy atom. The molecule has 0 radical (unpaired) electrons. The van der Waals surface area contributed by atoms with E-state index < -0.39 is 5.97 Å². The zero-order chi connectivity index (χ0) is 10.8. The van der Waals surface area contributed by atoms with E-state index in [1.165, 1.54) is 11.3 Å². The number of hydrogen-bond acceptors (Lipinski definition) is 5.